The minimum absolute atomic E-state index is 0.149. The summed E-state index contributed by atoms with van der Waals surface area (Å²) >= 11 is 0. The minimum Gasteiger partial charge on any atom is -0.493 e. The fourth-order valence-corrected chi connectivity index (χ4v) is 5.97. The van der Waals surface area contributed by atoms with Crippen molar-refractivity contribution in [1.82, 2.24) is 14.5 Å². The zero-order valence-corrected chi connectivity index (χ0v) is 22.4. The highest BCUT2D eigenvalue weighted by molar-refractivity contribution is 7.91. The summed E-state index contributed by atoms with van der Waals surface area (Å²) in [5, 5.41) is 11.4. The molecule has 0 saturated carbocycles. The van der Waals surface area contributed by atoms with Crippen LogP contribution < -0.4 is 5.56 Å². The Balaban J connectivity index is 1.87. The zero-order valence-electron chi connectivity index (χ0n) is 21.6. The van der Waals surface area contributed by atoms with Crippen LogP contribution in [-0.4, -0.2) is 28.1 Å². The molecular formula is C29H30FN3O4S. The molecule has 9 heteroatoms. The van der Waals surface area contributed by atoms with Gasteiger partial charge in [0.25, 0.3) is 5.56 Å². The first kappa shape index (κ1) is 27.2. The van der Waals surface area contributed by atoms with E-state index < -0.39 is 38.0 Å². The lowest BCUT2D eigenvalue weighted by molar-refractivity contribution is 0.358. The number of benzene rings is 2. The van der Waals surface area contributed by atoms with Gasteiger partial charge in [-0.3, -0.25) is 14.3 Å². The monoisotopic (exact) mass is 535 g/mol. The highest BCUT2D eigenvalue weighted by atomic mass is 32.2. The van der Waals surface area contributed by atoms with Crippen LogP contribution in [-0.2, 0) is 16.3 Å². The predicted molar refractivity (Wildman–Crippen MR) is 143 cm³/mol. The van der Waals surface area contributed by atoms with E-state index in [9.17, 15) is 22.7 Å². The van der Waals surface area contributed by atoms with E-state index in [1.807, 2.05) is 26.8 Å². The van der Waals surface area contributed by atoms with Crippen LogP contribution >= 0.6 is 0 Å². The lowest BCUT2D eigenvalue weighted by Gasteiger charge is -2.25. The first-order valence-corrected chi connectivity index (χ1v) is 14.0. The number of aryl methyl sites for hydroxylation is 2. The molecule has 0 fully saturated rings. The van der Waals surface area contributed by atoms with Crippen molar-refractivity contribution in [3.05, 3.63) is 100 Å². The molecular weight excluding hydrogens is 505 g/mol. The largest absolute Gasteiger partial charge is 0.493 e. The van der Waals surface area contributed by atoms with Gasteiger partial charge in [0.2, 0.25) is 15.7 Å². The lowest BCUT2D eigenvalue weighted by Crippen LogP contribution is -2.27. The Morgan fingerprint density at radius 1 is 1.05 bits per heavy atom. The molecule has 2 heterocycles. The van der Waals surface area contributed by atoms with Crippen LogP contribution in [0.4, 0.5) is 4.39 Å². The molecule has 0 bridgehead atoms. The third-order valence-corrected chi connectivity index (χ3v) is 8.36. The van der Waals surface area contributed by atoms with E-state index in [0.717, 1.165) is 23.2 Å². The molecule has 0 aliphatic rings. The number of nitrogens with zero attached hydrogens (tertiary/aromatic N) is 3. The van der Waals surface area contributed by atoms with Crippen LogP contribution in [0.25, 0.3) is 11.1 Å². The number of pyridine rings is 1. The standard InChI is InChI=1S/C29H30FN3O4S/c1-4-6-12-26-32-28(34)27(29(35)33(26)25(5-2)21-9-7-10-22(30)18-21)38(36,37)23-15-13-20(14-16-23)24-11-8-17-31-19(24)3/h7-11,13-18,25,35H,4-6,12H2,1-3H3. The van der Waals surface area contributed by atoms with Crippen LogP contribution in [0.2, 0.25) is 0 Å². The Bertz CT molecular complexity index is 1620. The zero-order chi connectivity index (χ0) is 27.4. The second kappa shape index (κ2) is 11.3. The predicted octanol–water partition coefficient (Wildman–Crippen LogP) is 5.63. The molecule has 1 N–H and O–H groups in total. The van der Waals surface area contributed by atoms with Crippen LogP contribution in [0, 0.1) is 12.7 Å². The number of sulfone groups is 1. The molecule has 1 atom stereocenters. The number of aromatic hydroxyl groups is 1. The highest BCUT2D eigenvalue weighted by Gasteiger charge is 2.32. The van der Waals surface area contributed by atoms with Gasteiger partial charge < -0.3 is 5.11 Å². The smallest absolute Gasteiger partial charge is 0.296 e. The van der Waals surface area contributed by atoms with Crippen molar-refractivity contribution in [2.24, 2.45) is 0 Å². The van der Waals surface area contributed by atoms with Gasteiger partial charge in [-0.2, -0.15) is 4.98 Å². The first-order chi connectivity index (χ1) is 18.2. The van der Waals surface area contributed by atoms with Gasteiger partial charge in [-0.25, -0.2) is 12.8 Å². The van der Waals surface area contributed by atoms with Crippen LogP contribution in [0.5, 0.6) is 5.88 Å². The highest BCUT2D eigenvalue weighted by Crippen LogP contribution is 2.34. The number of rotatable bonds is 9. The summed E-state index contributed by atoms with van der Waals surface area (Å²) < 4.78 is 42.8. The second-order valence-corrected chi connectivity index (χ2v) is 11.0. The first-order valence-electron chi connectivity index (χ1n) is 12.6. The Morgan fingerprint density at radius 2 is 1.79 bits per heavy atom. The molecule has 0 spiro atoms. The van der Waals surface area contributed by atoms with Crippen molar-refractivity contribution >= 4 is 9.84 Å². The number of unbranched alkanes of at least 4 members (excludes halogenated alkanes) is 1. The SMILES string of the molecule is CCCCc1nc(=O)c(S(=O)(=O)c2ccc(-c3cccnc3C)cc2)c(O)n1C(CC)c1cccc(F)c1. The fourth-order valence-electron chi connectivity index (χ4n) is 4.63. The number of halogens is 1. The van der Waals surface area contributed by atoms with Crippen molar-refractivity contribution < 1.29 is 17.9 Å². The van der Waals surface area contributed by atoms with E-state index in [1.54, 1.807) is 36.5 Å². The Labute approximate surface area is 221 Å². The number of hydrogen-bond donors (Lipinski definition) is 1. The molecule has 198 valence electrons. The van der Waals surface area contributed by atoms with Gasteiger partial charge in [0.1, 0.15) is 11.6 Å². The van der Waals surface area contributed by atoms with E-state index >= 15 is 0 Å². The molecule has 1 unspecified atom stereocenters. The van der Waals surface area contributed by atoms with Gasteiger partial charge in [0, 0.05) is 23.9 Å². The second-order valence-electron chi connectivity index (χ2n) is 9.10. The van der Waals surface area contributed by atoms with Gasteiger partial charge in [-0.1, -0.05) is 50.6 Å². The molecule has 38 heavy (non-hydrogen) atoms. The van der Waals surface area contributed by atoms with Crippen LogP contribution in [0.3, 0.4) is 0 Å². The topological polar surface area (TPSA) is 102 Å². The molecule has 0 aliphatic heterocycles. The summed E-state index contributed by atoms with van der Waals surface area (Å²) in [4.78, 5) is 20.5. The number of aromatic nitrogens is 3. The summed E-state index contributed by atoms with van der Waals surface area (Å²) in [6, 6.07) is 15.0. The maximum Gasteiger partial charge on any atom is 0.296 e. The average molecular weight is 536 g/mol. The van der Waals surface area contributed by atoms with Crippen molar-refractivity contribution in [1.29, 1.82) is 0 Å². The van der Waals surface area contributed by atoms with Crippen molar-refractivity contribution in [2.45, 2.75) is 62.3 Å². The molecule has 0 radical (unpaired) electrons. The van der Waals surface area contributed by atoms with E-state index in [1.165, 1.54) is 28.8 Å². The van der Waals surface area contributed by atoms with Gasteiger partial charge in [0.05, 0.1) is 10.9 Å². The minimum atomic E-state index is -4.44. The molecule has 0 amide bonds. The molecule has 4 aromatic rings. The van der Waals surface area contributed by atoms with Crippen LogP contribution in [0.1, 0.15) is 56.2 Å². The maximum atomic E-state index is 14.1. The third kappa shape index (κ3) is 5.24. The third-order valence-electron chi connectivity index (χ3n) is 6.57. The summed E-state index contributed by atoms with van der Waals surface area (Å²) in [5.74, 6) is -0.896. The molecule has 2 aromatic heterocycles. The lowest BCUT2D eigenvalue weighted by atomic mass is 10.0. The van der Waals surface area contributed by atoms with Gasteiger partial charge in [-0.15, -0.1) is 0 Å². The molecule has 2 aromatic carbocycles. The number of hydrogen-bond acceptors (Lipinski definition) is 6. The van der Waals surface area contributed by atoms with E-state index in [4.69, 9.17) is 0 Å². The Hall–Kier alpha value is -3.85. The normalized spacial score (nSPS) is 12.4. The molecule has 7 nitrogen and oxygen atoms in total. The Morgan fingerprint density at radius 3 is 2.42 bits per heavy atom. The quantitative estimate of drug-likeness (QED) is 0.298. The van der Waals surface area contributed by atoms with E-state index in [0.29, 0.717) is 24.8 Å². The van der Waals surface area contributed by atoms with E-state index in [2.05, 4.69) is 9.97 Å². The molecule has 0 saturated heterocycles. The summed E-state index contributed by atoms with van der Waals surface area (Å²) in [6.45, 7) is 5.67. The van der Waals surface area contributed by atoms with E-state index in [-0.39, 0.29) is 10.7 Å². The Kier molecular flexibility index (Phi) is 8.06. The maximum absolute atomic E-state index is 14.1. The summed E-state index contributed by atoms with van der Waals surface area (Å²) in [7, 11) is -4.44. The van der Waals surface area contributed by atoms with Gasteiger partial charge >= 0.3 is 0 Å². The van der Waals surface area contributed by atoms with Crippen LogP contribution in [0.15, 0.2) is 81.4 Å². The average Bonchev–Trinajstić information content (AvgIpc) is 2.89. The van der Waals surface area contributed by atoms with Gasteiger partial charge in [-0.05, 0) is 61.2 Å². The fraction of sp³-hybridized carbons (Fsp3) is 0.276. The molecule has 4 rings (SSSR count). The summed E-state index contributed by atoms with van der Waals surface area (Å²) in [6.07, 6.45) is 3.91. The molecule has 0 aliphatic carbocycles. The van der Waals surface area contributed by atoms with Crippen molar-refractivity contribution in [2.75, 3.05) is 0 Å². The van der Waals surface area contributed by atoms with Crippen molar-refractivity contribution in [3.63, 3.8) is 0 Å². The summed E-state index contributed by atoms with van der Waals surface area (Å²) in [5.41, 5.74) is 1.92. The van der Waals surface area contributed by atoms with Crippen molar-refractivity contribution in [3.8, 4) is 17.0 Å². The van der Waals surface area contributed by atoms with Gasteiger partial charge in [0.15, 0.2) is 4.90 Å².